The number of hydrogen-bond acceptors (Lipinski definition) is 6. The summed E-state index contributed by atoms with van der Waals surface area (Å²) in [7, 11) is 0. The van der Waals surface area contributed by atoms with Crippen LogP contribution in [0, 0.1) is 17.2 Å². The monoisotopic (exact) mass is 537 g/mol. The highest BCUT2D eigenvalue weighted by Crippen LogP contribution is 2.40. The van der Waals surface area contributed by atoms with Gasteiger partial charge in [-0.15, -0.1) is 11.8 Å². The Balaban J connectivity index is 1.65. The van der Waals surface area contributed by atoms with E-state index in [2.05, 4.69) is 10.6 Å². The summed E-state index contributed by atoms with van der Waals surface area (Å²) >= 11 is 1.76. The molecule has 1 saturated heterocycles. The smallest absolute Gasteiger partial charge is 0.408 e. The Hall–Kier alpha value is -1.97. The molecular weight excluding hydrogens is 490 g/mol. The molecule has 37 heavy (non-hydrogen) atoms. The van der Waals surface area contributed by atoms with Crippen molar-refractivity contribution < 1.29 is 19.1 Å². The normalized spacial score (nSPS) is 25.6. The van der Waals surface area contributed by atoms with E-state index in [0.717, 1.165) is 44.9 Å². The SMILES string of the molecule is CC(C)OC(=O)N[C@@H](C(=O)N1CCC[C@H]1C(=O)NC[C@H]1CC[C@H](C(=N)N)CC1)C(C)(C)SC1CCCC1. The van der Waals surface area contributed by atoms with E-state index in [1.54, 1.807) is 30.5 Å². The standard InChI is InChI=1S/C27H47N5O4S/c1-17(2)36-26(35)31-22(27(3,4)37-20-8-5-6-9-20)25(34)32-15-7-10-21(32)24(33)30-16-18-11-13-19(14-12-18)23(28)29/h17-22H,5-16H2,1-4H3,(H3,28,29)(H,30,33)(H,31,35)/t18-,19-,21-,22-/m0/s1. The number of nitrogens with two attached hydrogens (primary N) is 1. The molecule has 0 aromatic carbocycles. The van der Waals surface area contributed by atoms with Gasteiger partial charge in [0.25, 0.3) is 0 Å². The fourth-order valence-corrected chi connectivity index (χ4v) is 7.64. The van der Waals surface area contributed by atoms with E-state index in [9.17, 15) is 14.4 Å². The number of rotatable bonds is 10. The largest absolute Gasteiger partial charge is 0.447 e. The van der Waals surface area contributed by atoms with Gasteiger partial charge in [-0.2, -0.15) is 0 Å². The second-order valence-electron chi connectivity index (χ2n) is 11.8. The molecule has 2 saturated carbocycles. The van der Waals surface area contributed by atoms with Gasteiger partial charge in [0.1, 0.15) is 12.1 Å². The third-order valence-electron chi connectivity index (χ3n) is 8.01. The van der Waals surface area contributed by atoms with Crippen LogP contribution in [-0.4, -0.2) is 69.9 Å². The maximum atomic E-state index is 13.9. The molecule has 2 atom stereocenters. The summed E-state index contributed by atoms with van der Waals surface area (Å²) < 4.78 is 4.78. The van der Waals surface area contributed by atoms with E-state index in [1.165, 1.54) is 12.8 Å². The van der Waals surface area contributed by atoms with Crippen molar-refractivity contribution in [2.75, 3.05) is 13.1 Å². The highest BCUT2D eigenvalue weighted by Gasteiger charge is 2.45. The Morgan fingerprint density at radius 1 is 1.05 bits per heavy atom. The van der Waals surface area contributed by atoms with Crippen LogP contribution in [0.5, 0.6) is 0 Å². The molecule has 9 nitrogen and oxygen atoms in total. The number of likely N-dealkylation sites (tertiary alicyclic amines) is 1. The molecule has 0 aromatic heterocycles. The number of ether oxygens (including phenoxy) is 1. The lowest BCUT2D eigenvalue weighted by molar-refractivity contribution is -0.140. The first-order valence-corrected chi connectivity index (χ1v) is 14.9. The van der Waals surface area contributed by atoms with E-state index in [0.29, 0.717) is 30.7 Å². The molecule has 3 fully saturated rings. The molecule has 210 valence electrons. The van der Waals surface area contributed by atoms with Gasteiger partial charge in [-0.05, 0) is 85.0 Å². The molecule has 1 heterocycles. The third-order valence-corrected chi connectivity index (χ3v) is 9.66. The molecule has 3 amide bonds. The molecule has 3 aliphatic rings. The Kier molecular flexibility index (Phi) is 10.6. The fraction of sp³-hybridized carbons (Fsp3) is 0.852. The number of alkyl carbamates (subject to hydrolysis) is 1. The van der Waals surface area contributed by atoms with Crippen LogP contribution >= 0.6 is 11.8 Å². The Labute approximate surface area is 226 Å². The fourth-order valence-electron chi connectivity index (χ4n) is 5.91. The molecule has 0 unspecified atom stereocenters. The molecule has 10 heteroatoms. The number of amidine groups is 1. The maximum Gasteiger partial charge on any atom is 0.408 e. The van der Waals surface area contributed by atoms with Gasteiger partial charge in [-0.1, -0.05) is 12.8 Å². The molecule has 5 N–H and O–H groups in total. The Bertz CT molecular complexity index is 822. The van der Waals surface area contributed by atoms with Gasteiger partial charge in [0.15, 0.2) is 0 Å². The number of carbonyl (C=O) groups excluding carboxylic acids is 3. The van der Waals surface area contributed by atoms with Crippen molar-refractivity contribution in [3.8, 4) is 0 Å². The molecular formula is C27H47N5O4S. The Morgan fingerprint density at radius 3 is 2.30 bits per heavy atom. The molecule has 3 rings (SSSR count). The summed E-state index contributed by atoms with van der Waals surface area (Å²) in [6, 6.07) is -1.32. The topological polar surface area (TPSA) is 138 Å². The maximum absolute atomic E-state index is 13.9. The van der Waals surface area contributed by atoms with Crippen molar-refractivity contribution in [2.45, 2.75) is 120 Å². The van der Waals surface area contributed by atoms with Crippen LogP contribution in [0.25, 0.3) is 0 Å². The summed E-state index contributed by atoms with van der Waals surface area (Å²) in [6.45, 7) is 8.66. The van der Waals surface area contributed by atoms with Gasteiger partial charge in [0.2, 0.25) is 11.8 Å². The summed E-state index contributed by atoms with van der Waals surface area (Å²) in [5.41, 5.74) is 5.66. The highest BCUT2D eigenvalue weighted by molar-refractivity contribution is 8.01. The number of thioether (sulfide) groups is 1. The summed E-state index contributed by atoms with van der Waals surface area (Å²) in [4.78, 5) is 41.4. The zero-order valence-corrected chi connectivity index (χ0v) is 23.8. The number of carbonyl (C=O) groups is 3. The minimum absolute atomic E-state index is 0.121. The number of nitrogens with one attached hydrogen (secondary N) is 3. The van der Waals surface area contributed by atoms with Gasteiger partial charge in [-0.3, -0.25) is 15.0 Å². The first-order chi connectivity index (χ1) is 17.5. The predicted molar refractivity (Wildman–Crippen MR) is 148 cm³/mol. The average molecular weight is 538 g/mol. The summed E-state index contributed by atoms with van der Waals surface area (Å²) in [6.07, 6.45) is 8.76. The lowest BCUT2D eigenvalue weighted by Crippen LogP contribution is -2.60. The summed E-state index contributed by atoms with van der Waals surface area (Å²) in [5, 5.41) is 14.1. The van der Waals surface area contributed by atoms with Crippen LogP contribution in [0.4, 0.5) is 4.79 Å². The van der Waals surface area contributed by atoms with Crippen LogP contribution in [0.3, 0.4) is 0 Å². The first-order valence-electron chi connectivity index (χ1n) is 14.0. The summed E-state index contributed by atoms with van der Waals surface area (Å²) in [5.74, 6) is 0.455. The van der Waals surface area contributed by atoms with Crippen LogP contribution in [0.1, 0.15) is 91.9 Å². The van der Waals surface area contributed by atoms with Crippen LogP contribution in [0.2, 0.25) is 0 Å². The third kappa shape index (κ3) is 8.26. The van der Waals surface area contributed by atoms with Gasteiger partial charge in [0.05, 0.1) is 11.9 Å². The van der Waals surface area contributed by atoms with Crippen molar-refractivity contribution in [1.29, 1.82) is 5.41 Å². The van der Waals surface area contributed by atoms with Gasteiger partial charge < -0.3 is 26.0 Å². The average Bonchev–Trinajstić information content (AvgIpc) is 3.52. The second-order valence-corrected chi connectivity index (χ2v) is 13.7. The van der Waals surface area contributed by atoms with Crippen LogP contribution in [-0.2, 0) is 14.3 Å². The predicted octanol–water partition coefficient (Wildman–Crippen LogP) is 3.79. The van der Waals surface area contributed by atoms with Crippen LogP contribution in [0.15, 0.2) is 0 Å². The molecule has 2 aliphatic carbocycles. The zero-order valence-electron chi connectivity index (χ0n) is 23.0. The lowest BCUT2D eigenvalue weighted by atomic mass is 9.81. The highest BCUT2D eigenvalue weighted by atomic mass is 32.2. The zero-order chi connectivity index (χ0) is 27.2. The Morgan fingerprint density at radius 2 is 1.70 bits per heavy atom. The van der Waals surface area contributed by atoms with Gasteiger partial charge in [0, 0.05) is 29.0 Å². The molecule has 0 aromatic rings. The van der Waals surface area contributed by atoms with Crippen molar-refractivity contribution in [2.24, 2.45) is 17.6 Å². The van der Waals surface area contributed by atoms with E-state index >= 15 is 0 Å². The minimum Gasteiger partial charge on any atom is -0.447 e. The van der Waals surface area contributed by atoms with Gasteiger partial charge >= 0.3 is 6.09 Å². The van der Waals surface area contributed by atoms with Gasteiger partial charge in [-0.25, -0.2) is 4.79 Å². The minimum atomic E-state index is -0.792. The van der Waals surface area contributed by atoms with Crippen molar-refractivity contribution >= 4 is 35.5 Å². The van der Waals surface area contributed by atoms with Crippen molar-refractivity contribution in [3.05, 3.63) is 0 Å². The number of hydrogen-bond donors (Lipinski definition) is 4. The number of nitrogens with zero attached hydrogens (tertiary/aromatic N) is 1. The molecule has 0 spiro atoms. The molecule has 0 radical (unpaired) electrons. The van der Waals surface area contributed by atoms with E-state index in [1.807, 2.05) is 13.8 Å². The van der Waals surface area contributed by atoms with Crippen molar-refractivity contribution in [1.82, 2.24) is 15.5 Å². The quantitative estimate of drug-likeness (QED) is 0.247. The van der Waals surface area contributed by atoms with E-state index in [4.69, 9.17) is 15.9 Å². The molecule has 0 bridgehead atoms. The number of amides is 3. The second kappa shape index (κ2) is 13.2. The first kappa shape index (κ1) is 29.6. The van der Waals surface area contributed by atoms with E-state index < -0.39 is 22.9 Å². The van der Waals surface area contributed by atoms with Crippen LogP contribution < -0.4 is 16.4 Å². The van der Waals surface area contributed by atoms with E-state index in [-0.39, 0.29) is 29.7 Å². The molecule has 1 aliphatic heterocycles. The van der Waals surface area contributed by atoms with Crippen molar-refractivity contribution in [3.63, 3.8) is 0 Å². The lowest BCUT2D eigenvalue weighted by Gasteiger charge is -2.38.